The number of ether oxygens (including phenoxy) is 2. The molecule has 0 aliphatic rings. The second-order valence-corrected chi connectivity index (χ2v) is 7.13. The molecule has 1 N–H and O–H groups in total. The summed E-state index contributed by atoms with van der Waals surface area (Å²) in [5.41, 5.74) is 2.32. The number of rotatable bonds is 13. The Bertz CT molecular complexity index is 639. The van der Waals surface area contributed by atoms with Crippen LogP contribution in [-0.4, -0.2) is 19.3 Å². The highest BCUT2D eigenvalue weighted by Gasteiger charge is 2.08. The molecular formula is C24H35NO2. The quantitative estimate of drug-likeness (QED) is 0.403. The number of nitrogens with one attached hydrogen (secondary N) is 1. The average molecular weight is 370 g/mol. The van der Waals surface area contributed by atoms with E-state index in [1.54, 1.807) is 0 Å². The Balaban J connectivity index is 1.76. The molecule has 0 aliphatic carbocycles. The van der Waals surface area contributed by atoms with Gasteiger partial charge in [-0.25, -0.2) is 0 Å². The van der Waals surface area contributed by atoms with E-state index >= 15 is 0 Å². The maximum Gasteiger partial charge on any atom is 0.121 e. The second kappa shape index (κ2) is 12.3. The van der Waals surface area contributed by atoms with Gasteiger partial charge in [0.15, 0.2) is 0 Å². The molecule has 0 saturated carbocycles. The Morgan fingerprint density at radius 3 is 2.41 bits per heavy atom. The van der Waals surface area contributed by atoms with Crippen LogP contribution in [0.25, 0.3) is 0 Å². The van der Waals surface area contributed by atoms with Gasteiger partial charge in [0.2, 0.25) is 0 Å². The zero-order valence-electron chi connectivity index (χ0n) is 17.2. The monoisotopic (exact) mass is 369 g/mol. The molecule has 0 radical (unpaired) electrons. The van der Waals surface area contributed by atoms with Crippen molar-refractivity contribution in [3.05, 3.63) is 54.1 Å². The number of hydrogen-bond acceptors (Lipinski definition) is 3. The smallest absolute Gasteiger partial charge is 0.121 e. The molecule has 2 aromatic carbocycles. The Hall–Kier alpha value is -2.16. The molecule has 1 unspecified atom stereocenters. The minimum absolute atomic E-state index is 0.135. The van der Waals surface area contributed by atoms with Crippen molar-refractivity contribution in [3.63, 3.8) is 0 Å². The van der Waals surface area contributed by atoms with Crippen molar-refractivity contribution >= 4 is 5.69 Å². The Morgan fingerprint density at radius 1 is 0.889 bits per heavy atom. The highest BCUT2D eigenvalue weighted by molar-refractivity contribution is 5.48. The van der Waals surface area contributed by atoms with E-state index in [1.165, 1.54) is 31.2 Å². The lowest BCUT2D eigenvalue weighted by atomic mass is 10.2. The zero-order valence-corrected chi connectivity index (χ0v) is 17.2. The largest absolute Gasteiger partial charge is 0.494 e. The zero-order chi connectivity index (χ0) is 19.3. The SMILES string of the molecule is CCCCCCCOc1cccc(NCC(CC)Oc2ccc(C)cc2)c1. The van der Waals surface area contributed by atoms with Gasteiger partial charge in [0.05, 0.1) is 13.2 Å². The molecule has 27 heavy (non-hydrogen) atoms. The predicted octanol–water partition coefficient (Wildman–Crippen LogP) is 6.61. The summed E-state index contributed by atoms with van der Waals surface area (Å²) in [6.07, 6.45) is 7.37. The number of hydrogen-bond donors (Lipinski definition) is 1. The van der Waals surface area contributed by atoms with E-state index in [4.69, 9.17) is 9.47 Å². The summed E-state index contributed by atoms with van der Waals surface area (Å²) in [4.78, 5) is 0. The molecule has 0 spiro atoms. The summed E-state index contributed by atoms with van der Waals surface area (Å²) >= 11 is 0. The third kappa shape index (κ3) is 8.38. The molecule has 0 saturated heterocycles. The lowest BCUT2D eigenvalue weighted by molar-refractivity contribution is 0.210. The minimum Gasteiger partial charge on any atom is -0.494 e. The van der Waals surface area contributed by atoms with Crippen molar-refractivity contribution in [2.75, 3.05) is 18.5 Å². The van der Waals surface area contributed by atoms with E-state index in [2.05, 4.69) is 50.4 Å². The molecule has 0 fully saturated rings. The van der Waals surface area contributed by atoms with Gasteiger partial charge >= 0.3 is 0 Å². The summed E-state index contributed by atoms with van der Waals surface area (Å²) in [6, 6.07) is 16.4. The van der Waals surface area contributed by atoms with Crippen LogP contribution in [0.5, 0.6) is 11.5 Å². The van der Waals surface area contributed by atoms with Gasteiger partial charge in [0.25, 0.3) is 0 Å². The molecule has 0 bridgehead atoms. The van der Waals surface area contributed by atoms with E-state index < -0.39 is 0 Å². The first-order chi connectivity index (χ1) is 13.2. The van der Waals surface area contributed by atoms with Crippen LogP contribution >= 0.6 is 0 Å². The second-order valence-electron chi connectivity index (χ2n) is 7.13. The Morgan fingerprint density at radius 2 is 1.67 bits per heavy atom. The maximum absolute atomic E-state index is 6.09. The lowest BCUT2D eigenvalue weighted by Crippen LogP contribution is -2.25. The van der Waals surface area contributed by atoms with E-state index in [9.17, 15) is 0 Å². The van der Waals surface area contributed by atoms with Gasteiger partial charge in [-0.1, -0.05) is 63.3 Å². The fourth-order valence-corrected chi connectivity index (χ4v) is 2.90. The van der Waals surface area contributed by atoms with Crippen molar-refractivity contribution in [2.45, 2.75) is 65.4 Å². The van der Waals surface area contributed by atoms with Crippen molar-refractivity contribution < 1.29 is 9.47 Å². The fraction of sp³-hybridized carbons (Fsp3) is 0.500. The Labute approximate surface area is 165 Å². The molecule has 3 nitrogen and oxygen atoms in total. The van der Waals surface area contributed by atoms with E-state index in [0.29, 0.717) is 0 Å². The number of benzene rings is 2. The van der Waals surface area contributed by atoms with Crippen LogP contribution in [0, 0.1) is 6.92 Å². The topological polar surface area (TPSA) is 30.5 Å². The first-order valence-electron chi connectivity index (χ1n) is 10.4. The standard InChI is InChI=1S/C24H35NO2/c1-4-6-7-8-9-17-26-24-12-10-11-21(18-24)25-19-22(5-2)27-23-15-13-20(3)14-16-23/h10-16,18,22,25H,4-9,17,19H2,1-3H3. The van der Waals surface area contributed by atoms with Gasteiger partial charge in [-0.2, -0.15) is 0 Å². The van der Waals surface area contributed by atoms with Gasteiger partial charge in [-0.3, -0.25) is 0 Å². The van der Waals surface area contributed by atoms with Gasteiger partial charge in [-0.05, 0) is 44.0 Å². The van der Waals surface area contributed by atoms with E-state index in [-0.39, 0.29) is 6.10 Å². The molecule has 148 valence electrons. The maximum atomic E-state index is 6.09. The number of aryl methyl sites for hydroxylation is 1. The Kier molecular flexibility index (Phi) is 9.61. The first-order valence-corrected chi connectivity index (χ1v) is 10.4. The third-order valence-corrected chi connectivity index (χ3v) is 4.66. The highest BCUT2D eigenvalue weighted by Crippen LogP contribution is 2.19. The van der Waals surface area contributed by atoms with E-state index in [1.807, 2.05) is 24.3 Å². The van der Waals surface area contributed by atoms with Crippen molar-refractivity contribution in [3.8, 4) is 11.5 Å². The van der Waals surface area contributed by atoms with Crippen LogP contribution in [0.3, 0.4) is 0 Å². The van der Waals surface area contributed by atoms with Gasteiger partial charge in [0.1, 0.15) is 17.6 Å². The summed E-state index contributed by atoms with van der Waals surface area (Å²) in [5, 5.41) is 3.48. The lowest BCUT2D eigenvalue weighted by Gasteiger charge is -2.19. The summed E-state index contributed by atoms with van der Waals surface area (Å²) in [6.45, 7) is 8.04. The average Bonchev–Trinajstić information content (AvgIpc) is 2.69. The van der Waals surface area contributed by atoms with Crippen LogP contribution in [0.4, 0.5) is 5.69 Å². The molecule has 1 atom stereocenters. The minimum atomic E-state index is 0.135. The molecular weight excluding hydrogens is 334 g/mol. The first kappa shape index (κ1) is 21.1. The molecule has 2 rings (SSSR count). The number of anilines is 1. The van der Waals surface area contributed by atoms with Crippen molar-refractivity contribution in [1.82, 2.24) is 0 Å². The molecule has 0 amide bonds. The molecule has 2 aromatic rings. The molecule has 0 aromatic heterocycles. The fourth-order valence-electron chi connectivity index (χ4n) is 2.90. The van der Waals surface area contributed by atoms with Crippen LogP contribution in [-0.2, 0) is 0 Å². The van der Waals surface area contributed by atoms with Crippen molar-refractivity contribution in [1.29, 1.82) is 0 Å². The van der Waals surface area contributed by atoms with Gasteiger partial charge < -0.3 is 14.8 Å². The van der Waals surface area contributed by atoms with Crippen LogP contribution in [0.2, 0.25) is 0 Å². The van der Waals surface area contributed by atoms with Gasteiger partial charge in [-0.15, -0.1) is 0 Å². The molecule has 0 aliphatic heterocycles. The summed E-state index contributed by atoms with van der Waals surface area (Å²) < 4.78 is 12.0. The predicted molar refractivity (Wildman–Crippen MR) is 115 cm³/mol. The third-order valence-electron chi connectivity index (χ3n) is 4.66. The number of unbranched alkanes of at least 4 members (excludes halogenated alkanes) is 4. The van der Waals surface area contributed by atoms with Crippen LogP contribution in [0.1, 0.15) is 57.9 Å². The summed E-state index contributed by atoms with van der Waals surface area (Å²) in [5.74, 6) is 1.86. The van der Waals surface area contributed by atoms with Crippen LogP contribution < -0.4 is 14.8 Å². The molecule has 0 heterocycles. The van der Waals surface area contributed by atoms with Gasteiger partial charge in [0, 0.05) is 11.8 Å². The van der Waals surface area contributed by atoms with E-state index in [0.717, 1.165) is 43.2 Å². The van der Waals surface area contributed by atoms with Crippen LogP contribution in [0.15, 0.2) is 48.5 Å². The summed E-state index contributed by atoms with van der Waals surface area (Å²) in [7, 11) is 0. The van der Waals surface area contributed by atoms with Crippen molar-refractivity contribution in [2.24, 2.45) is 0 Å². The normalized spacial score (nSPS) is 11.8. The molecule has 3 heteroatoms. The highest BCUT2D eigenvalue weighted by atomic mass is 16.5.